The van der Waals surface area contributed by atoms with Crippen LogP contribution in [0.1, 0.15) is 37.2 Å². The lowest BCUT2D eigenvalue weighted by Gasteiger charge is -2.39. The fraction of sp³-hybridized carbons (Fsp3) is 0.643. The van der Waals surface area contributed by atoms with Crippen molar-refractivity contribution in [1.29, 1.82) is 0 Å². The molecular formula is C14H16ClF3N2. The van der Waals surface area contributed by atoms with E-state index in [0.29, 0.717) is 5.02 Å². The highest BCUT2D eigenvalue weighted by Gasteiger charge is 2.45. The first-order valence-corrected chi connectivity index (χ1v) is 7.23. The summed E-state index contributed by atoms with van der Waals surface area (Å²) in [6.45, 7) is -0.775. The highest BCUT2D eigenvalue weighted by atomic mass is 35.5. The highest BCUT2D eigenvalue weighted by molar-refractivity contribution is 6.30. The summed E-state index contributed by atoms with van der Waals surface area (Å²) in [6, 6.07) is 1.97. The van der Waals surface area contributed by atoms with Gasteiger partial charge in [-0.05, 0) is 43.2 Å². The molecule has 0 radical (unpaired) electrons. The maximum atomic E-state index is 12.6. The van der Waals surface area contributed by atoms with Crippen LogP contribution in [0.2, 0.25) is 5.02 Å². The fourth-order valence-electron chi connectivity index (χ4n) is 3.66. The molecule has 1 aromatic heterocycles. The molecule has 0 saturated carbocycles. The molecule has 2 saturated heterocycles. The third-order valence-electron chi connectivity index (χ3n) is 4.44. The monoisotopic (exact) mass is 304 g/mol. The van der Waals surface area contributed by atoms with Gasteiger partial charge >= 0.3 is 6.18 Å². The number of alkyl halides is 3. The minimum Gasteiger partial charge on any atom is -0.289 e. The van der Waals surface area contributed by atoms with Gasteiger partial charge in [0.15, 0.2) is 0 Å². The summed E-state index contributed by atoms with van der Waals surface area (Å²) < 4.78 is 37.9. The number of pyridine rings is 1. The van der Waals surface area contributed by atoms with Gasteiger partial charge in [0.1, 0.15) is 0 Å². The molecule has 2 bridgehead atoms. The zero-order valence-electron chi connectivity index (χ0n) is 10.9. The first-order chi connectivity index (χ1) is 9.42. The number of hydrogen-bond donors (Lipinski definition) is 0. The summed E-state index contributed by atoms with van der Waals surface area (Å²) in [5.74, 6) is 0.281. The Hall–Kier alpha value is -0.810. The normalized spacial score (nSPS) is 30.7. The van der Waals surface area contributed by atoms with Crippen molar-refractivity contribution in [1.82, 2.24) is 9.88 Å². The minimum absolute atomic E-state index is 0.0411. The van der Waals surface area contributed by atoms with Crippen molar-refractivity contribution >= 4 is 11.6 Å². The van der Waals surface area contributed by atoms with Crippen molar-refractivity contribution in [3.8, 4) is 0 Å². The van der Waals surface area contributed by atoms with Crippen LogP contribution in [0.25, 0.3) is 0 Å². The molecule has 2 atom stereocenters. The molecule has 2 nitrogen and oxygen atoms in total. The van der Waals surface area contributed by atoms with Crippen molar-refractivity contribution in [3.63, 3.8) is 0 Å². The van der Waals surface area contributed by atoms with Crippen LogP contribution in [0.15, 0.2) is 18.5 Å². The van der Waals surface area contributed by atoms with Gasteiger partial charge in [-0.3, -0.25) is 9.88 Å². The van der Waals surface area contributed by atoms with Crippen LogP contribution >= 0.6 is 11.6 Å². The predicted molar refractivity (Wildman–Crippen MR) is 70.8 cm³/mol. The van der Waals surface area contributed by atoms with Gasteiger partial charge in [0.05, 0.1) is 11.6 Å². The maximum absolute atomic E-state index is 12.6. The van der Waals surface area contributed by atoms with E-state index in [0.717, 1.165) is 31.2 Å². The summed E-state index contributed by atoms with van der Waals surface area (Å²) >= 11 is 5.95. The number of fused-ring (bicyclic) bond motifs is 2. The van der Waals surface area contributed by atoms with Gasteiger partial charge in [0.2, 0.25) is 0 Å². The Morgan fingerprint density at radius 3 is 2.40 bits per heavy atom. The van der Waals surface area contributed by atoms with Crippen molar-refractivity contribution in [3.05, 3.63) is 29.0 Å². The average Bonchev–Trinajstić information content (AvgIpc) is 2.60. The largest absolute Gasteiger partial charge is 0.401 e. The third kappa shape index (κ3) is 2.93. The lowest BCUT2D eigenvalue weighted by molar-refractivity contribution is -0.155. The van der Waals surface area contributed by atoms with E-state index in [9.17, 15) is 13.2 Å². The molecule has 20 heavy (non-hydrogen) atoms. The molecule has 3 heterocycles. The fourth-order valence-corrected chi connectivity index (χ4v) is 3.85. The number of hydrogen-bond acceptors (Lipinski definition) is 2. The molecule has 0 aromatic carbocycles. The smallest absolute Gasteiger partial charge is 0.289 e. The van der Waals surface area contributed by atoms with Crippen molar-refractivity contribution < 1.29 is 13.2 Å². The number of nitrogens with zero attached hydrogens (tertiary/aromatic N) is 2. The van der Waals surface area contributed by atoms with E-state index >= 15 is 0 Å². The van der Waals surface area contributed by atoms with E-state index in [1.54, 1.807) is 17.3 Å². The number of rotatable bonds is 2. The van der Waals surface area contributed by atoms with Gasteiger partial charge in [-0.25, -0.2) is 0 Å². The van der Waals surface area contributed by atoms with Crippen LogP contribution in [-0.2, 0) is 0 Å². The topological polar surface area (TPSA) is 16.1 Å². The summed E-state index contributed by atoms with van der Waals surface area (Å²) in [7, 11) is 0. The first kappa shape index (κ1) is 14.1. The predicted octanol–water partition coefficient (Wildman–Crippen LogP) is 4.01. The maximum Gasteiger partial charge on any atom is 0.401 e. The number of piperidine rings is 1. The highest BCUT2D eigenvalue weighted by Crippen LogP contribution is 2.44. The van der Waals surface area contributed by atoms with E-state index < -0.39 is 12.7 Å². The van der Waals surface area contributed by atoms with Crippen molar-refractivity contribution in [2.45, 2.75) is 49.9 Å². The third-order valence-corrected chi connectivity index (χ3v) is 4.65. The summed E-state index contributed by atoms with van der Waals surface area (Å²) in [5, 5.41) is 0.590. The SMILES string of the molecule is FC(F)(F)CN1C2CCC1CC(c1cncc(Cl)c1)C2. The Balaban J connectivity index is 1.73. The molecule has 0 amide bonds. The van der Waals surface area contributed by atoms with E-state index in [2.05, 4.69) is 4.98 Å². The van der Waals surface area contributed by atoms with E-state index in [-0.39, 0.29) is 18.0 Å². The van der Waals surface area contributed by atoms with Crippen LogP contribution in [0.3, 0.4) is 0 Å². The van der Waals surface area contributed by atoms with Crippen LogP contribution < -0.4 is 0 Å². The standard InChI is InChI=1S/C14H16ClF3N2/c15-11-3-10(6-19-7-11)9-4-12-1-2-13(5-9)20(12)8-14(16,17)18/h3,6-7,9,12-13H,1-2,4-5,8H2. The average molecular weight is 305 g/mol. The molecular weight excluding hydrogens is 289 g/mol. The molecule has 0 aliphatic carbocycles. The Bertz CT molecular complexity index is 478. The van der Waals surface area contributed by atoms with E-state index in [4.69, 9.17) is 11.6 Å². The zero-order valence-corrected chi connectivity index (χ0v) is 11.7. The molecule has 110 valence electrons. The lowest BCUT2D eigenvalue weighted by atomic mass is 9.86. The van der Waals surface area contributed by atoms with Gasteiger partial charge in [-0.15, -0.1) is 0 Å². The molecule has 2 unspecified atom stereocenters. The van der Waals surface area contributed by atoms with Gasteiger partial charge in [0, 0.05) is 24.5 Å². The Morgan fingerprint density at radius 2 is 1.85 bits per heavy atom. The molecule has 2 aliphatic heterocycles. The second kappa shape index (κ2) is 5.19. The van der Waals surface area contributed by atoms with Crippen LogP contribution in [0.5, 0.6) is 0 Å². The molecule has 1 aromatic rings. The van der Waals surface area contributed by atoms with Crippen LogP contribution in [0, 0.1) is 0 Å². The molecule has 2 fully saturated rings. The Morgan fingerprint density at radius 1 is 1.20 bits per heavy atom. The molecule has 2 aliphatic rings. The first-order valence-electron chi connectivity index (χ1n) is 6.85. The van der Waals surface area contributed by atoms with Gasteiger partial charge < -0.3 is 0 Å². The van der Waals surface area contributed by atoms with Gasteiger partial charge in [-0.1, -0.05) is 11.6 Å². The second-order valence-electron chi connectivity index (χ2n) is 5.78. The van der Waals surface area contributed by atoms with Gasteiger partial charge in [0.25, 0.3) is 0 Å². The van der Waals surface area contributed by atoms with Crippen LogP contribution in [0.4, 0.5) is 13.2 Å². The summed E-state index contributed by atoms with van der Waals surface area (Å²) in [4.78, 5) is 5.73. The van der Waals surface area contributed by atoms with Gasteiger partial charge in [-0.2, -0.15) is 13.2 Å². The molecule has 6 heteroatoms. The van der Waals surface area contributed by atoms with E-state index in [1.165, 1.54) is 0 Å². The van der Waals surface area contributed by atoms with E-state index in [1.807, 2.05) is 6.07 Å². The Labute approximate surface area is 120 Å². The van der Waals surface area contributed by atoms with Crippen LogP contribution in [-0.4, -0.2) is 34.7 Å². The Kier molecular flexibility index (Phi) is 3.67. The summed E-state index contributed by atoms with van der Waals surface area (Å²) in [5.41, 5.74) is 1.06. The number of aromatic nitrogens is 1. The lowest BCUT2D eigenvalue weighted by Crippen LogP contribution is -2.46. The molecule has 0 N–H and O–H groups in total. The quantitative estimate of drug-likeness (QED) is 0.821. The second-order valence-corrected chi connectivity index (χ2v) is 6.21. The number of halogens is 4. The van der Waals surface area contributed by atoms with Crippen molar-refractivity contribution in [2.24, 2.45) is 0 Å². The molecule has 0 spiro atoms. The minimum atomic E-state index is -4.11. The van der Waals surface area contributed by atoms with Crippen molar-refractivity contribution in [2.75, 3.05) is 6.54 Å². The molecule has 3 rings (SSSR count). The summed E-state index contributed by atoms with van der Waals surface area (Å²) in [6.07, 6.45) is 2.54. The zero-order chi connectivity index (χ0) is 14.3.